The molecular weight excluding hydrogens is 767 g/mol. The van der Waals surface area contributed by atoms with E-state index < -0.39 is 5.60 Å². The van der Waals surface area contributed by atoms with E-state index in [1.165, 1.54) is 45.3 Å². The predicted octanol–water partition coefficient (Wildman–Crippen LogP) is 13.4. The van der Waals surface area contributed by atoms with Crippen LogP contribution in [0.15, 0.2) is 109 Å². The van der Waals surface area contributed by atoms with Gasteiger partial charge in [0.1, 0.15) is 28.7 Å². The van der Waals surface area contributed by atoms with Crippen molar-refractivity contribution in [3.63, 3.8) is 0 Å². The number of hydrogen-bond acceptors (Lipinski definition) is 6. The second-order valence-corrected chi connectivity index (χ2v) is 19.8. The average Bonchev–Trinajstić information content (AvgIpc) is 3.82. The molecule has 10 rings (SSSR count). The van der Waals surface area contributed by atoms with Gasteiger partial charge in [-0.15, -0.1) is 0 Å². The van der Waals surface area contributed by atoms with Gasteiger partial charge in [-0.3, -0.25) is 0 Å². The number of anilines is 1. The SMILES string of the molecule is COc1ccc(C2(c3ccc(OC)cc3)C=Cc3c4c(c5cc(N6CCCC6C)c(-c6ccc(OC)cc6OC)cc5c3O2)-c2ccccc2C42CC(C)(C)CC(C)(C)C2)cc1. The van der Waals surface area contributed by atoms with E-state index in [9.17, 15) is 0 Å². The smallest absolute Gasteiger partial charge is 0.178 e. The van der Waals surface area contributed by atoms with Crippen LogP contribution in [0.1, 0.15) is 94.5 Å². The first kappa shape index (κ1) is 40.2. The summed E-state index contributed by atoms with van der Waals surface area (Å²) < 4.78 is 31.2. The molecule has 0 aromatic heterocycles. The normalized spacial score (nSPS) is 19.7. The van der Waals surface area contributed by atoms with Crippen molar-refractivity contribution in [2.45, 2.75) is 83.8 Å². The molecular formula is C56H59NO5. The summed E-state index contributed by atoms with van der Waals surface area (Å²) in [7, 11) is 6.88. The maximum Gasteiger partial charge on any atom is 0.178 e. The molecule has 1 spiro atoms. The first-order valence-electron chi connectivity index (χ1n) is 22.3. The molecule has 4 aliphatic rings. The van der Waals surface area contributed by atoms with Crippen LogP contribution >= 0.6 is 0 Å². The van der Waals surface area contributed by atoms with Crippen molar-refractivity contribution in [1.82, 2.24) is 0 Å². The summed E-state index contributed by atoms with van der Waals surface area (Å²) in [5, 5.41) is 2.31. The molecule has 62 heavy (non-hydrogen) atoms. The number of ether oxygens (including phenoxy) is 5. The molecule has 6 heteroatoms. The average molecular weight is 826 g/mol. The second-order valence-electron chi connectivity index (χ2n) is 19.8. The molecule has 1 unspecified atom stereocenters. The summed E-state index contributed by atoms with van der Waals surface area (Å²) in [5.74, 6) is 4.03. The van der Waals surface area contributed by atoms with Crippen molar-refractivity contribution in [3.05, 3.63) is 137 Å². The maximum absolute atomic E-state index is 7.95. The van der Waals surface area contributed by atoms with Crippen molar-refractivity contribution in [1.29, 1.82) is 0 Å². The van der Waals surface area contributed by atoms with Crippen molar-refractivity contribution < 1.29 is 23.7 Å². The number of methoxy groups -OCH3 is 4. The van der Waals surface area contributed by atoms with E-state index in [4.69, 9.17) is 23.7 Å². The van der Waals surface area contributed by atoms with E-state index in [2.05, 4.69) is 118 Å². The van der Waals surface area contributed by atoms with E-state index in [0.717, 1.165) is 88.6 Å². The van der Waals surface area contributed by atoms with Crippen molar-refractivity contribution >= 4 is 22.5 Å². The monoisotopic (exact) mass is 825 g/mol. The van der Waals surface area contributed by atoms with Crippen LogP contribution in [-0.2, 0) is 11.0 Å². The molecule has 6 aromatic carbocycles. The molecule has 2 aliphatic carbocycles. The predicted molar refractivity (Wildman–Crippen MR) is 253 cm³/mol. The van der Waals surface area contributed by atoms with E-state index in [0.29, 0.717) is 6.04 Å². The minimum Gasteiger partial charge on any atom is -0.497 e. The van der Waals surface area contributed by atoms with Crippen molar-refractivity contribution in [3.8, 4) is 51.0 Å². The summed E-state index contributed by atoms with van der Waals surface area (Å²) in [4.78, 5) is 2.62. The van der Waals surface area contributed by atoms with Gasteiger partial charge in [0.25, 0.3) is 0 Å². The molecule has 0 N–H and O–H groups in total. The zero-order valence-electron chi connectivity index (χ0n) is 37.8. The Morgan fingerprint density at radius 1 is 0.629 bits per heavy atom. The zero-order valence-corrected chi connectivity index (χ0v) is 37.8. The third-order valence-electron chi connectivity index (χ3n) is 14.5. The third kappa shape index (κ3) is 6.19. The highest BCUT2D eigenvalue weighted by atomic mass is 16.5. The molecule has 2 heterocycles. The minimum atomic E-state index is -0.962. The number of rotatable bonds is 8. The summed E-state index contributed by atoms with van der Waals surface area (Å²) >= 11 is 0. The van der Waals surface area contributed by atoms with Crippen LogP contribution in [0.5, 0.6) is 28.7 Å². The first-order valence-corrected chi connectivity index (χ1v) is 22.3. The summed E-state index contributed by atoms with van der Waals surface area (Å²) in [6.07, 6.45) is 10.3. The highest BCUT2D eigenvalue weighted by Crippen LogP contribution is 2.67. The Labute approximate surface area is 367 Å². The van der Waals surface area contributed by atoms with E-state index in [1.807, 2.05) is 36.4 Å². The number of nitrogens with zero attached hydrogens (tertiary/aromatic N) is 1. The van der Waals surface area contributed by atoms with Crippen LogP contribution < -0.4 is 28.6 Å². The molecule has 1 atom stereocenters. The van der Waals surface area contributed by atoms with Crippen molar-refractivity contribution in [2.75, 3.05) is 39.9 Å². The van der Waals surface area contributed by atoms with Gasteiger partial charge in [0, 0.05) is 63.0 Å². The lowest BCUT2D eigenvalue weighted by Crippen LogP contribution is -2.44. The highest BCUT2D eigenvalue weighted by molar-refractivity contribution is 6.12. The van der Waals surface area contributed by atoms with Gasteiger partial charge in [-0.25, -0.2) is 0 Å². The van der Waals surface area contributed by atoms with Gasteiger partial charge in [0.15, 0.2) is 5.60 Å². The van der Waals surface area contributed by atoms with Crippen LogP contribution in [-0.4, -0.2) is 41.0 Å². The molecule has 0 bridgehead atoms. The van der Waals surface area contributed by atoms with Gasteiger partial charge < -0.3 is 28.6 Å². The van der Waals surface area contributed by atoms with Gasteiger partial charge in [0.2, 0.25) is 0 Å². The minimum absolute atomic E-state index is 0.110. The molecule has 2 fully saturated rings. The topological polar surface area (TPSA) is 49.4 Å². The number of hydrogen-bond donors (Lipinski definition) is 0. The molecule has 1 saturated carbocycles. The van der Waals surface area contributed by atoms with Crippen molar-refractivity contribution in [2.24, 2.45) is 10.8 Å². The van der Waals surface area contributed by atoms with Crippen LogP contribution in [0.2, 0.25) is 0 Å². The Morgan fingerprint density at radius 3 is 1.85 bits per heavy atom. The van der Waals surface area contributed by atoms with Gasteiger partial charge >= 0.3 is 0 Å². The number of benzene rings is 6. The highest BCUT2D eigenvalue weighted by Gasteiger charge is 2.55. The van der Waals surface area contributed by atoms with Gasteiger partial charge in [-0.1, -0.05) is 82.3 Å². The lowest BCUT2D eigenvalue weighted by Gasteiger charge is -2.52. The molecule has 6 nitrogen and oxygen atoms in total. The van der Waals surface area contributed by atoms with Gasteiger partial charge in [-0.05, 0) is 132 Å². The molecule has 6 aromatic rings. The van der Waals surface area contributed by atoms with Gasteiger partial charge in [0.05, 0.1) is 28.4 Å². The van der Waals surface area contributed by atoms with Gasteiger partial charge in [-0.2, -0.15) is 0 Å². The van der Waals surface area contributed by atoms with Crippen LogP contribution in [0, 0.1) is 10.8 Å². The Hall–Kier alpha value is -5.88. The van der Waals surface area contributed by atoms with E-state index >= 15 is 0 Å². The van der Waals surface area contributed by atoms with Crippen LogP contribution in [0.3, 0.4) is 0 Å². The lowest BCUT2D eigenvalue weighted by atomic mass is 9.52. The Kier molecular flexibility index (Phi) is 9.47. The van der Waals surface area contributed by atoms with E-state index in [-0.39, 0.29) is 16.2 Å². The van der Waals surface area contributed by atoms with Crippen LogP contribution in [0.4, 0.5) is 5.69 Å². The van der Waals surface area contributed by atoms with E-state index in [1.54, 1.807) is 28.4 Å². The fraction of sp³-hybridized carbons (Fsp3) is 0.357. The third-order valence-corrected chi connectivity index (χ3v) is 14.5. The second kappa shape index (κ2) is 14.6. The standard InChI is InChI=1S/C56H59NO5/c1-35-13-12-28-57(35)48-31-45-46(30-44(48)41-25-24-40(60-8)29-49(41)61-9)52-43(51-50(45)42-14-10-11-15-47(42)55(51)33-53(2,3)32-54(4,5)34-55)26-27-56(62-52,36-16-20-38(58-6)21-17-36)37-18-22-39(59-7)23-19-37/h10-11,14-27,29-31,35H,12-13,28,32-34H2,1-9H3. The quantitative estimate of drug-likeness (QED) is 0.152. The first-order chi connectivity index (χ1) is 29.8. The fourth-order valence-corrected chi connectivity index (χ4v) is 12.6. The molecule has 2 aliphatic heterocycles. The molecule has 318 valence electrons. The summed E-state index contributed by atoms with van der Waals surface area (Å²) in [6.45, 7) is 13.3. The van der Waals surface area contributed by atoms with Crippen LogP contribution in [0.25, 0.3) is 39.1 Å². The zero-order chi connectivity index (χ0) is 43.2. The Morgan fingerprint density at radius 2 is 1.26 bits per heavy atom. The Bertz CT molecular complexity index is 2680. The Balaban J connectivity index is 1.35. The largest absolute Gasteiger partial charge is 0.497 e. The summed E-state index contributed by atoms with van der Waals surface area (Å²) in [6, 6.07) is 37.5. The fourth-order valence-electron chi connectivity index (χ4n) is 12.6. The molecule has 0 amide bonds. The maximum atomic E-state index is 7.95. The summed E-state index contributed by atoms with van der Waals surface area (Å²) in [5.41, 5.74) is 11.1. The lowest BCUT2D eigenvalue weighted by molar-refractivity contribution is 0.0642. The molecule has 1 saturated heterocycles. The number of fused-ring (bicyclic) bond motifs is 10. The molecule has 0 radical (unpaired) electrons.